The van der Waals surface area contributed by atoms with Crippen LogP contribution < -0.4 is 5.73 Å². The van der Waals surface area contributed by atoms with E-state index >= 15 is 0 Å². The molecule has 0 aliphatic carbocycles. The van der Waals surface area contributed by atoms with Crippen molar-refractivity contribution in [2.45, 2.75) is 51.9 Å². The number of nitrogens with zero attached hydrogens (tertiary/aromatic N) is 3. The Bertz CT molecular complexity index is 493. The van der Waals surface area contributed by atoms with Crippen molar-refractivity contribution in [1.29, 1.82) is 0 Å². The number of carbonyl (C=O) groups is 1. The van der Waals surface area contributed by atoms with Crippen LogP contribution in [0.3, 0.4) is 0 Å². The number of aliphatic imine (C=N–C) groups is 1. The monoisotopic (exact) mass is 488 g/mol. The fraction of sp³-hybridized carbons (Fsp3) is 0.875. The number of carbonyl (C=O) groups excluding carboxylic acids is 1. The summed E-state index contributed by atoms with van der Waals surface area (Å²) in [5.74, 6) is 0.951. The van der Waals surface area contributed by atoms with Crippen LogP contribution >= 0.6 is 24.0 Å². The van der Waals surface area contributed by atoms with Crippen molar-refractivity contribution in [1.82, 2.24) is 9.80 Å². The Morgan fingerprint density at radius 3 is 2.00 bits per heavy atom. The van der Waals surface area contributed by atoms with Gasteiger partial charge < -0.3 is 20.3 Å². The van der Waals surface area contributed by atoms with Crippen LogP contribution in [0.4, 0.5) is 4.79 Å². The molecule has 1 amide bonds. The van der Waals surface area contributed by atoms with E-state index in [1.807, 2.05) is 46.4 Å². The largest absolute Gasteiger partial charge is 0.444 e. The molecule has 25 heavy (non-hydrogen) atoms. The van der Waals surface area contributed by atoms with Gasteiger partial charge >= 0.3 is 6.09 Å². The molecule has 148 valence electrons. The average molecular weight is 488 g/mol. The molecular formula is C16H33IN4O3S. The quantitative estimate of drug-likeness (QED) is 0.373. The van der Waals surface area contributed by atoms with Gasteiger partial charge in [-0.3, -0.25) is 9.20 Å². The molecule has 1 fully saturated rings. The van der Waals surface area contributed by atoms with Crippen LogP contribution in [0.5, 0.6) is 0 Å². The number of nitrogens with two attached hydrogens (primary N) is 1. The van der Waals surface area contributed by atoms with Gasteiger partial charge in [0, 0.05) is 47.5 Å². The van der Waals surface area contributed by atoms with E-state index in [2.05, 4.69) is 4.99 Å². The van der Waals surface area contributed by atoms with E-state index in [-0.39, 0.29) is 34.8 Å². The molecular weight excluding hydrogens is 455 g/mol. The number of hydrogen-bond donors (Lipinski definition) is 1. The molecule has 1 unspecified atom stereocenters. The third-order valence-electron chi connectivity index (χ3n) is 3.49. The van der Waals surface area contributed by atoms with Gasteiger partial charge in [-0.2, -0.15) is 0 Å². The van der Waals surface area contributed by atoms with Crippen LogP contribution in [0.15, 0.2) is 4.99 Å². The minimum absolute atomic E-state index is 0. The van der Waals surface area contributed by atoms with Gasteiger partial charge in [0.05, 0.1) is 6.54 Å². The first-order chi connectivity index (χ1) is 10.9. The van der Waals surface area contributed by atoms with E-state index in [1.54, 1.807) is 4.90 Å². The second kappa shape index (κ2) is 9.94. The predicted molar refractivity (Wildman–Crippen MR) is 114 cm³/mol. The van der Waals surface area contributed by atoms with Crippen molar-refractivity contribution in [3.05, 3.63) is 0 Å². The number of halogens is 1. The van der Waals surface area contributed by atoms with Gasteiger partial charge in [0.25, 0.3) is 0 Å². The molecule has 1 rings (SSSR count). The van der Waals surface area contributed by atoms with E-state index in [1.165, 1.54) is 0 Å². The van der Waals surface area contributed by atoms with Crippen LogP contribution in [0.2, 0.25) is 0 Å². The summed E-state index contributed by atoms with van der Waals surface area (Å²) >= 11 is 0. The first kappa shape index (κ1) is 24.4. The van der Waals surface area contributed by atoms with E-state index in [4.69, 9.17) is 10.5 Å². The van der Waals surface area contributed by atoms with E-state index < -0.39 is 16.4 Å². The number of guanidine groups is 1. The second-order valence-corrected chi connectivity index (χ2v) is 10.2. The minimum atomic E-state index is -0.931. The number of piperazine rings is 1. The summed E-state index contributed by atoms with van der Waals surface area (Å²) in [6.45, 7) is 14.2. The van der Waals surface area contributed by atoms with Gasteiger partial charge in [0.2, 0.25) is 0 Å². The highest BCUT2D eigenvalue weighted by Gasteiger charge is 2.26. The van der Waals surface area contributed by atoms with Gasteiger partial charge in [0.15, 0.2) is 5.96 Å². The zero-order valence-electron chi connectivity index (χ0n) is 16.2. The summed E-state index contributed by atoms with van der Waals surface area (Å²) < 4.78 is 17.1. The fourth-order valence-corrected chi connectivity index (χ4v) is 2.96. The minimum Gasteiger partial charge on any atom is -0.444 e. The van der Waals surface area contributed by atoms with E-state index in [9.17, 15) is 9.00 Å². The summed E-state index contributed by atoms with van der Waals surface area (Å²) in [6.07, 6.45) is -0.293. The molecule has 0 aromatic carbocycles. The Morgan fingerprint density at radius 2 is 1.56 bits per heavy atom. The Kier molecular flexibility index (Phi) is 9.71. The molecule has 9 heteroatoms. The highest BCUT2D eigenvalue weighted by molar-refractivity contribution is 14.0. The molecule has 0 bridgehead atoms. The standard InChI is InChI=1S/C16H32N4O3S.HI/c1-15(2,3)23-14(21)20-10-8-19(9-11-20)13(17)18-7-12-24(22)16(4,5)6;/h7-12H2,1-6H3,(H2,17,18);1H. The lowest BCUT2D eigenvalue weighted by Crippen LogP contribution is -2.53. The molecule has 7 nitrogen and oxygen atoms in total. The normalized spacial score (nSPS) is 17.8. The van der Waals surface area contributed by atoms with Gasteiger partial charge in [-0.1, -0.05) is 0 Å². The van der Waals surface area contributed by atoms with Crippen LogP contribution in [-0.2, 0) is 15.5 Å². The Balaban J connectivity index is 0.00000576. The molecule has 0 aromatic rings. The Morgan fingerprint density at radius 1 is 1.08 bits per heavy atom. The maximum Gasteiger partial charge on any atom is 0.410 e. The fourth-order valence-electron chi connectivity index (χ4n) is 2.09. The van der Waals surface area contributed by atoms with Crippen molar-refractivity contribution in [3.8, 4) is 0 Å². The highest BCUT2D eigenvalue weighted by atomic mass is 127. The highest BCUT2D eigenvalue weighted by Crippen LogP contribution is 2.12. The molecule has 0 radical (unpaired) electrons. The van der Waals surface area contributed by atoms with Crippen molar-refractivity contribution < 1.29 is 13.7 Å². The molecule has 1 aliphatic rings. The van der Waals surface area contributed by atoms with Gasteiger partial charge in [-0.25, -0.2) is 4.79 Å². The molecule has 0 spiro atoms. The number of rotatable bonds is 3. The van der Waals surface area contributed by atoms with Gasteiger partial charge in [0.1, 0.15) is 5.60 Å². The maximum absolute atomic E-state index is 12.0. The Labute approximate surface area is 171 Å². The second-order valence-electron chi connectivity index (χ2n) is 7.86. The van der Waals surface area contributed by atoms with Crippen molar-refractivity contribution in [3.63, 3.8) is 0 Å². The maximum atomic E-state index is 12.0. The third kappa shape index (κ3) is 9.07. The lowest BCUT2D eigenvalue weighted by molar-refractivity contribution is 0.0186. The number of hydrogen-bond acceptors (Lipinski definition) is 4. The van der Waals surface area contributed by atoms with Crippen molar-refractivity contribution in [2.24, 2.45) is 10.7 Å². The lowest BCUT2D eigenvalue weighted by Gasteiger charge is -2.36. The summed E-state index contributed by atoms with van der Waals surface area (Å²) in [5, 5.41) is 0. The van der Waals surface area contributed by atoms with E-state index in [0.717, 1.165) is 0 Å². The zero-order chi connectivity index (χ0) is 18.5. The number of ether oxygens (including phenoxy) is 1. The summed E-state index contributed by atoms with van der Waals surface area (Å²) in [4.78, 5) is 20.0. The molecule has 1 aliphatic heterocycles. The molecule has 1 saturated heterocycles. The first-order valence-corrected chi connectivity index (χ1v) is 9.63. The van der Waals surface area contributed by atoms with Crippen LogP contribution in [0, 0.1) is 0 Å². The van der Waals surface area contributed by atoms with Crippen molar-refractivity contribution >= 4 is 46.8 Å². The van der Waals surface area contributed by atoms with Crippen LogP contribution in [-0.4, -0.2) is 74.9 Å². The first-order valence-electron chi connectivity index (χ1n) is 8.31. The molecule has 1 atom stereocenters. The van der Waals surface area contributed by atoms with Gasteiger partial charge in [-0.05, 0) is 41.5 Å². The SMILES string of the molecule is CC(C)(C)OC(=O)N1CCN(C(N)=NCCS(=O)C(C)(C)C)CC1.I. The van der Waals surface area contributed by atoms with Crippen molar-refractivity contribution in [2.75, 3.05) is 38.5 Å². The topological polar surface area (TPSA) is 88.2 Å². The average Bonchev–Trinajstić information content (AvgIpc) is 2.44. The third-order valence-corrected chi connectivity index (χ3v) is 5.41. The molecule has 0 aromatic heterocycles. The van der Waals surface area contributed by atoms with Crippen LogP contribution in [0.25, 0.3) is 0 Å². The number of amides is 1. The summed E-state index contributed by atoms with van der Waals surface area (Å²) in [6, 6.07) is 0. The zero-order valence-corrected chi connectivity index (χ0v) is 19.3. The molecule has 2 N–H and O–H groups in total. The smallest absolute Gasteiger partial charge is 0.410 e. The van der Waals surface area contributed by atoms with E-state index in [0.29, 0.717) is 44.4 Å². The molecule has 0 saturated carbocycles. The lowest BCUT2D eigenvalue weighted by atomic mass is 10.2. The Hall–Kier alpha value is -0.580. The summed E-state index contributed by atoms with van der Waals surface area (Å²) in [5.41, 5.74) is 5.52. The van der Waals surface area contributed by atoms with Gasteiger partial charge in [-0.15, -0.1) is 24.0 Å². The predicted octanol–water partition coefficient (Wildman–Crippen LogP) is 2.02. The summed E-state index contributed by atoms with van der Waals surface area (Å²) in [7, 11) is -0.931. The molecule has 1 heterocycles. The van der Waals surface area contributed by atoms with Crippen LogP contribution in [0.1, 0.15) is 41.5 Å².